The van der Waals surface area contributed by atoms with Crippen LogP contribution in [0.3, 0.4) is 0 Å². The summed E-state index contributed by atoms with van der Waals surface area (Å²) in [5.74, 6) is -0.436. The Morgan fingerprint density at radius 3 is 2.50 bits per heavy atom. The minimum absolute atomic E-state index is 0.00686. The molecule has 2 aliphatic heterocycles. The highest BCUT2D eigenvalue weighted by molar-refractivity contribution is 7.89. The number of carbonyl (C=O) groups excluding carboxylic acids is 3. The number of amidine groups is 1. The zero-order chi connectivity index (χ0) is 31.7. The van der Waals surface area contributed by atoms with E-state index in [1.807, 2.05) is 0 Å². The number of nitrogens with zero attached hydrogens (tertiary/aromatic N) is 2. The van der Waals surface area contributed by atoms with E-state index in [-0.39, 0.29) is 40.8 Å². The second kappa shape index (κ2) is 15.1. The van der Waals surface area contributed by atoms with Crippen molar-refractivity contribution in [3.63, 3.8) is 0 Å². The maximum Gasteiger partial charge on any atom is 0.241 e. The lowest BCUT2D eigenvalue weighted by Crippen LogP contribution is -2.51. The number of carbonyl (C=O) groups is 3. The molecule has 14 heteroatoms. The van der Waals surface area contributed by atoms with Crippen molar-refractivity contribution in [3.8, 4) is 0 Å². The largest absolute Gasteiger partial charge is 0.409 e. The fourth-order valence-electron chi connectivity index (χ4n) is 5.38. The number of oxime groups is 1. The van der Waals surface area contributed by atoms with Gasteiger partial charge in [-0.05, 0) is 67.9 Å². The smallest absolute Gasteiger partial charge is 0.241 e. The van der Waals surface area contributed by atoms with Crippen molar-refractivity contribution in [2.24, 2.45) is 22.7 Å². The van der Waals surface area contributed by atoms with Gasteiger partial charge in [0.25, 0.3) is 0 Å². The molecule has 0 saturated carbocycles. The Balaban J connectivity index is 1.50. The molecule has 0 unspecified atom stereocenters. The topological polar surface area (TPSA) is 195 Å². The molecular formula is C30H41N7O6S. The summed E-state index contributed by atoms with van der Waals surface area (Å²) in [5.41, 5.74) is 7.15. The lowest BCUT2D eigenvalue weighted by Gasteiger charge is -2.34. The predicted octanol–water partition coefficient (Wildman–Crippen LogP) is 0.984. The Morgan fingerprint density at radius 2 is 1.84 bits per heavy atom. The summed E-state index contributed by atoms with van der Waals surface area (Å²) in [6.45, 7) is 2.09. The van der Waals surface area contributed by atoms with Crippen LogP contribution in [0.4, 0.5) is 5.69 Å². The number of nitrogens with two attached hydrogens (primary N) is 1. The van der Waals surface area contributed by atoms with Gasteiger partial charge in [0.05, 0.1) is 10.8 Å². The first kappa shape index (κ1) is 32.9. The first-order chi connectivity index (χ1) is 21.1. The summed E-state index contributed by atoms with van der Waals surface area (Å²) in [7, 11) is -2.57. The van der Waals surface area contributed by atoms with E-state index >= 15 is 0 Å². The Hall–Kier alpha value is -4.01. The van der Waals surface area contributed by atoms with Crippen molar-refractivity contribution in [1.82, 2.24) is 20.3 Å². The van der Waals surface area contributed by atoms with Gasteiger partial charge in [0.1, 0.15) is 6.04 Å². The SMILES string of the molecule is CNC(=O)CCCC1CCN(C(=O)[C@H](Cc2cccc(/C(N)=N/O)c2)NS(=O)(=O)c2cccc(NC(=O)C3CNC3)c2)CC1. The molecule has 0 spiro atoms. The number of piperidine rings is 1. The summed E-state index contributed by atoms with van der Waals surface area (Å²) in [6, 6.07) is 11.5. The summed E-state index contributed by atoms with van der Waals surface area (Å²) in [4.78, 5) is 39.4. The molecule has 3 amide bonds. The van der Waals surface area contributed by atoms with E-state index in [1.165, 1.54) is 18.2 Å². The summed E-state index contributed by atoms with van der Waals surface area (Å²) in [6.07, 6.45) is 3.67. The van der Waals surface area contributed by atoms with Crippen LogP contribution >= 0.6 is 0 Å². The van der Waals surface area contributed by atoms with Gasteiger partial charge < -0.3 is 31.8 Å². The lowest BCUT2D eigenvalue weighted by molar-refractivity contribution is -0.134. The lowest BCUT2D eigenvalue weighted by atomic mass is 9.91. The van der Waals surface area contributed by atoms with Crippen molar-refractivity contribution in [3.05, 3.63) is 59.7 Å². The minimum Gasteiger partial charge on any atom is -0.409 e. The first-order valence-corrected chi connectivity index (χ1v) is 16.3. The van der Waals surface area contributed by atoms with Gasteiger partial charge in [-0.1, -0.05) is 29.4 Å². The quantitative estimate of drug-likeness (QED) is 0.0818. The fourth-order valence-corrected chi connectivity index (χ4v) is 6.62. The highest BCUT2D eigenvalue weighted by atomic mass is 32.2. The van der Waals surface area contributed by atoms with Crippen LogP contribution in [-0.4, -0.2) is 81.4 Å². The van der Waals surface area contributed by atoms with Gasteiger partial charge in [-0.2, -0.15) is 4.72 Å². The fraction of sp³-hybridized carbons (Fsp3) is 0.467. The molecule has 2 aromatic rings. The third kappa shape index (κ3) is 8.77. The van der Waals surface area contributed by atoms with Crippen LogP contribution in [0.5, 0.6) is 0 Å². The zero-order valence-electron chi connectivity index (χ0n) is 24.8. The highest BCUT2D eigenvalue weighted by Crippen LogP contribution is 2.24. The molecular weight excluding hydrogens is 586 g/mol. The van der Waals surface area contributed by atoms with Gasteiger partial charge in [0.2, 0.25) is 27.7 Å². The van der Waals surface area contributed by atoms with Gasteiger partial charge in [0, 0.05) is 50.9 Å². The second-order valence-electron chi connectivity index (χ2n) is 11.3. The maximum atomic E-state index is 13.9. The molecule has 2 heterocycles. The van der Waals surface area contributed by atoms with Crippen LogP contribution < -0.4 is 26.4 Å². The molecule has 0 radical (unpaired) electrons. The van der Waals surface area contributed by atoms with E-state index < -0.39 is 16.1 Å². The van der Waals surface area contributed by atoms with Crippen molar-refractivity contribution in [2.75, 3.05) is 38.5 Å². The van der Waals surface area contributed by atoms with Gasteiger partial charge in [-0.3, -0.25) is 14.4 Å². The number of hydrogen-bond donors (Lipinski definition) is 6. The van der Waals surface area contributed by atoms with Crippen molar-refractivity contribution < 1.29 is 28.0 Å². The molecule has 13 nitrogen and oxygen atoms in total. The molecule has 2 fully saturated rings. The van der Waals surface area contributed by atoms with Gasteiger partial charge in [-0.15, -0.1) is 0 Å². The minimum atomic E-state index is -4.19. The number of amides is 3. The Labute approximate surface area is 257 Å². The number of nitrogens with one attached hydrogen (secondary N) is 4. The monoisotopic (exact) mass is 627 g/mol. The van der Waals surface area contributed by atoms with Crippen LogP contribution in [-0.2, 0) is 30.8 Å². The third-order valence-electron chi connectivity index (χ3n) is 8.15. The molecule has 1 atom stereocenters. The Bertz CT molecular complexity index is 1470. The Kier molecular flexibility index (Phi) is 11.3. The molecule has 0 aliphatic carbocycles. The second-order valence-corrected chi connectivity index (χ2v) is 13.0. The number of rotatable bonds is 13. The molecule has 238 valence electrons. The van der Waals surface area contributed by atoms with Crippen molar-refractivity contribution >= 4 is 39.3 Å². The zero-order valence-corrected chi connectivity index (χ0v) is 25.6. The van der Waals surface area contributed by atoms with E-state index in [9.17, 15) is 22.8 Å². The maximum absolute atomic E-state index is 13.9. The molecule has 0 bridgehead atoms. The van der Waals surface area contributed by atoms with E-state index in [1.54, 1.807) is 42.3 Å². The standard InChI is InChI=1S/C30H41N7O6S/c1-32-27(38)10-3-5-20-11-13-37(14-12-20)30(40)26(16-21-6-2-7-22(15-21)28(31)35-41)36-44(42,43)25-9-4-8-24(17-25)34-29(39)23-18-33-19-23/h2,4,6-9,15,17,20,23,26,33,36,41H,3,5,10-14,16,18-19H2,1H3,(H2,31,35)(H,32,38)(H,34,39)/t26-/m0/s1. The van der Waals surface area contributed by atoms with E-state index in [4.69, 9.17) is 10.9 Å². The van der Waals surface area contributed by atoms with Crippen LogP contribution in [0.15, 0.2) is 58.6 Å². The molecule has 44 heavy (non-hydrogen) atoms. The van der Waals surface area contributed by atoms with Gasteiger partial charge in [-0.25, -0.2) is 8.42 Å². The van der Waals surface area contributed by atoms with Crippen LogP contribution in [0, 0.1) is 11.8 Å². The number of sulfonamides is 1. The number of likely N-dealkylation sites (tertiary alicyclic amines) is 1. The van der Waals surface area contributed by atoms with Crippen LogP contribution in [0.2, 0.25) is 0 Å². The third-order valence-corrected chi connectivity index (χ3v) is 9.62. The van der Waals surface area contributed by atoms with Gasteiger partial charge in [0.15, 0.2) is 5.84 Å². The molecule has 7 N–H and O–H groups in total. The van der Waals surface area contributed by atoms with Crippen LogP contribution in [0.1, 0.15) is 43.2 Å². The van der Waals surface area contributed by atoms with Crippen molar-refractivity contribution in [2.45, 2.75) is 49.5 Å². The van der Waals surface area contributed by atoms with Gasteiger partial charge >= 0.3 is 0 Å². The molecule has 2 saturated heterocycles. The number of anilines is 1. The highest BCUT2D eigenvalue weighted by Gasteiger charge is 2.32. The normalized spacial score (nSPS) is 17.0. The number of benzene rings is 2. The molecule has 4 rings (SSSR count). The predicted molar refractivity (Wildman–Crippen MR) is 165 cm³/mol. The molecule has 2 aliphatic rings. The van der Waals surface area contributed by atoms with E-state index in [2.05, 4.69) is 25.8 Å². The Morgan fingerprint density at radius 1 is 1.11 bits per heavy atom. The van der Waals surface area contributed by atoms with E-state index in [0.29, 0.717) is 55.3 Å². The average molecular weight is 628 g/mol. The molecule has 0 aromatic heterocycles. The van der Waals surface area contributed by atoms with Crippen LogP contribution in [0.25, 0.3) is 0 Å². The summed E-state index contributed by atoms with van der Waals surface area (Å²) >= 11 is 0. The van der Waals surface area contributed by atoms with E-state index in [0.717, 1.165) is 25.7 Å². The summed E-state index contributed by atoms with van der Waals surface area (Å²) in [5, 5.41) is 20.5. The average Bonchev–Trinajstić information content (AvgIpc) is 2.99. The number of hydrogen-bond acceptors (Lipinski definition) is 8. The van der Waals surface area contributed by atoms with Crippen molar-refractivity contribution in [1.29, 1.82) is 0 Å². The molecule has 2 aromatic carbocycles. The first-order valence-electron chi connectivity index (χ1n) is 14.8. The summed E-state index contributed by atoms with van der Waals surface area (Å²) < 4.78 is 29.9.